The van der Waals surface area contributed by atoms with Gasteiger partial charge in [0.25, 0.3) is 0 Å². The average Bonchev–Trinajstić information content (AvgIpc) is 3.32. The predicted octanol–water partition coefficient (Wildman–Crippen LogP) is 3.20. The Morgan fingerprint density at radius 3 is 2.68 bits per heavy atom. The third-order valence-electron chi connectivity index (χ3n) is 5.28. The van der Waals surface area contributed by atoms with Crippen LogP contribution in [0.15, 0.2) is 54.9 Å². The molecule has 2 aromatic heterocycles. The third kappa shape index (κ3) is 5.09. The summed E-state index contributed by atoms with van der Waals surface area (Å²) in [6.07, 6.45) is 4.68. The first kappa shape index (κ1) is 20.6. The van der Waals surface area contributed by atoms with Gasteiger partial charge in [0.2, 0.25) is 5.91 Å². The van der Waals surface area contributed by atoms with Gasteiger partial charge < -0.3 is 15.5 Å². The van der Waals surface area contributed by atoms with Crippen LogP contribution in [0.25, 0.3) is 5.69 Å². The summed E-state index contributed by atoms with van der Waals surface area (Å²) in [6, 6.07) is 13.1. The van der Waals surface area contributed by atoms with Gasteiger partial charge in [0.05, 0.1) is 11.4 Å². The molecule has 31 heavy (non-hydrogen) atoms. The monoisotopic (exact) mass is 418 g/mol. The summed E-state index contributed by atoms with van der Waals surface area (Å²) in [4.78, 5) is 30.5. The van der Waals surface area contributed by atoms with Crippen LogP contribution in [0.2, 0.25) is 0 Å². The van der Waals surface area contributed by atoms with Crippen LogP contribution < -0.4 is 10.6 Å². The lowest BCUT2D eigenvalue weighted by Gasteiger charge is -2.26. The Balaban J connectivity index is 1.47. The van der Waals surface area contributed by atoms with Crippen LogP contribution in [-0.2, 0) is 11.3 Å². The number of amides is 3. The maximum atomic E-state index is 13.1. The van der Waals surface area contributed by atoms with E-state index in [4.69, 9.17) is 0 Å². The van der Waals surface area contributed by atoms with Crippen molar-refractivity contribution in [2.45, 2.75) is 39.3 Å². The maximum absolute atomic E-state index is 13.1. The highest BCUT2D eigenvalue weighted by molar-refractivity contribution is 5.89. The van der Waals surface area contributed by atoms with Crippen LogP contribution in [0.4, 0.5) is 10.5 Å². The van der Waals surface area contributed by atoms with Gasteiger partial charge >= 0.3 is 6.03 Å². The van der Waals surface area contributed by atoms with E-state index in [1.165, 1.54) is 0 Å². The fourth-order valence-corrected chi connectivity index (χ4v) is 3.79. The molecule has 0 unspecified atom stereocenters. The van der Waals surface area contributed by atoms with Gasteiger partial charge in [-0.15, -0.1) is 0 Å². The Morgan fingerprint density at radius 1 is 1.26 bits per heavy atom. The Morgan fingerprint density at radius 2 is 2.06 bits per heavy atom. The van der Waals surface area contributed by atoms with Crippen molar-refractivity contribution in [2.24, 2.45) is 0 Å². The van der Waals surface area contributed by atoms with E-state index in [1.807, 2.05) is 61.0 Å². The van der Waals surface area contributed by atoms with Gasteiger partial charge in [-0.2, -0.15) is 5.10 Å². The predicted molar refractivity (Wildman–Crippen MR) is 118 cm³/mol. The normalized spacial score (nSPS) is 15.5. The van der Waals surface area contributed by atoms with E-state index in [2.05, 4.69) is 20.7 Å². The minimum atomic E-state index is -0.219. The van der Waals surface area contributed by atoms with E-state index in [9.17, 15) is 9.59 Å². The van der Waals surface area contributed by atoms with E-state index >= 15 is 0 Å². The zero-order chi connectivity index (χ0) is 21.8. The molecule has 2 N–H and O–H groups in total. The average molecular weight is 419 g/mol. The van der Waals surface area contributed by atoms with Gasteiger partial charge in [0.15, 0.2) is 0 Å². The van der Waals surface area contributed by atoms with Crippen molar-refractivity contribution in [3.63, 3.8) is 0 Å². The number of urea groups is 1. The smallest absolute Gasteiger partial charge is 0.322 e. The van der Waals surface area contributed by atoms with Crippen molar-refractivity contribution in [1.82, 2.24) is 25.0 Å². The van der Waals surface area contributed by atoms with Crippen molar-refractivity contribution in [1.29, 1.82) is 0 Å². The second kappa shape index (κ2) is 8.99. The van der Waals surface area contributed by atoms with Gasteiger partial charge in [-0.3, -0.25) is 9.78 Å². The van der Waals surface area contributed by atoms with Crippen LogP contribution in [0.5, 0.6) is 0 Å². The number of carbonyl (C=O) groups is 2. The molecule has 1 aliphatic heterocycles. The molecule has 1 saturated heterocycles. The highest BCUT2D eigenvalue weighted by atomic mass is 16.2. The summed E-state index contributed by atoms with van der Waals surface area (Å²) in [7, 11) is 0. The van der Waals surface area contributed by atoms with Gasteiger partial charge in [-0.05, 0) is 62.2 Å². The number of benzene rings is 1. The zero-order valence-electron chi connectivity index (χ0n) is 17.7. The summed E-state index contributed by atoms with van der Waals surface area (Å²) in [5, 5.41) is 10.4. The van der Waals surface area contributed by atoms with Crippen LogP contribution in [0.1, 0.15) is 29.8 Å². The number of rotatable bonds is 6. The Labute approximate surface area is 181 Å². The number of carbonyl (C=O) groups excluding carboxylic acids is 2. The van der Waals surface area contributed by atoms with Gasteiger partial charge in [-0.1, -0.05) is 6.07 Å². The molecule has 0 radical (unpaired) electrons. The fourth-order valence-electron chi connectivity index (χ4n) is 3.79. The number of pyridine rings is 1. The molecule has 160 valence electrons. The highest BCUT2D eigenvalue weighted by Crippen LogP contribution is 2.17. The molecule has 0 saturated carbocycles. The molecule has 1 atom stereocenters. The molecule has 0 bridgehead atoms. The van der Waals surface area contributed by atoms with E-state index in [-0.39, 0.29) is 18.0 Å². The molecule has 8 nitrogen and oxygen atoms in total. The first-order valence-electron chi connectivity index (χ1n) is 10.4. The van der Waals surface area contributed by atoms with Crippen LogP contribution >= 0.6 is 0 Å². The lowest BCUT2D eigenvalue weighted by atomic mass is 10.2. The Bertz CT molecular complexity index is 1060. The Kier molecular flexibility index (Phi) is 5.97. The topological polar surface area (TPSA) is 92.2 Å². The standard InChI is InChI=1S/C23H26N6O2/c1-16-12-17(2)29(27-16)21-8-5-19(6-9-21)26-23(31)28(14-18-4-3-11-24-13-18)15-20-7-10-22(30)25-20/h3-6,8-9,11-13,20H,7,10,14-15H2,1-2H3,(H,25,30)(H,26,31)/t20-/m0/s1. The quantitative estimate of drug-likeness (QED) is 0.643. The molecule has 1 aromatic carbocycles. The molecule has 3 amide bonds. The number of nitrogens with one attached hydrogen (secondary N) is 2. The van der Waals surface area contributed by atoms with Crippen molar-refractivity contribution >= 4 is 17.6 Å². The van der Waals surface area contributed by atoms with Gasteiger partial charge in [0.1, 0.15) is 0 Å². The summed E-state index contributed by atoms with van der Waals surface area (Å²) in [6.45, 7) is 4.82. The van der Waals surface area contributed by atoms with E-state index in [0.717, 1.165) is 29.1 Å². The molecule has 1 aliphatic rings. The molecule has 8 heteroatoms. The molecular formula is C23H26N6O2. The largest absolute Gasteiger partial charge is 0.352 e. The van der Waals surface area contributed by atoms with Gasteiger partial charge in [0, 0.05) is 49.3 Å². The van der Waals surface area contributed by atoms with Crippen molar-refractivity contribution in [3.8, 4) is 5.69 Å². The number of aryl methyl sites for hydroxylation is 2. The van der Waals surface area contributed by atoms with Crippen molar-refractivity contribution in [3.05, 3.63) is 71.8 Å². The Hall–Kier alpha value is -3.68. The minimum absolute atomic E-state index is 0.0338. The van der Waals surface area contributed by atoms with Crippen molar-refractivity contribution < 1.29 is 9.59 Å². The summed E-state index contributed by atoms with van der Waals surface area (Å²) < 4.78 is 1.87. The van der Waals surface area contributed by atoms with E-state index in [1.54, 1.807) is 17.3 Å². The second-order valence-corrected chi connectivity index (χ2v) is 7.86. The van der Waals surface area contributed by atoms with E-state index < -0.39 is 0 Å². The molecule has 0 aliphatic carbocycles. The molecule has 0 spiro atoms. The molecule has 1 fully saturated rings. The van der Waals surface area contributed by atoms with Gasteiger partial charge in [-0.25, -0.2) is 9.48 Å². The third-order valence-corrected chi connectivity index (χ3v) is 5.28. The summed E-state index contributed by atoms with van der Waals surface area (Å²) >= 11 is 0. The number of anilines is 1. The first-order valence-corrected chi connectivity index (χ1v) is 10.4. The lowest BCUT2D eigenvalue weighted by molar-refractivity contribution is -0.119. The van der Waals surface area contributed by atoms with E-state index in [0.29, 0.717) is 25.2 Å². The zero-order valence-corrected chi connectivity index (χ0v) is 17.7. The molecular weight excluding hydrogens is 392 g/mol. The summed E-state index contributed by atoms with van der Waals surface area (Å²) in [5.74, 6) is 0.0338. The fraction of sp³-hybridized carbons (Fsp3) is 0.304. The number of hydrogen-bond donors (Lipinski definition) is 2. The van der Waals surface area contributed by atoms with Crippen molar-refractivity contribution in [2.75, 3.05) is 11.9 Å². The second-order valence-electron chi connectivity index (χ2n) is 7.86. The number of nitrogens with zero attached hydrogens (tertiary/aromatic N) is 4. The number of aromatic nitrogens is 3. The molecule has 3 heterocycles. The van der Waals surface area contributed by atoms with Crippen LogP contribution in [0.3, 0.4) is 0 Å². The molecule has 3 aromatic rings. The highest BCUT2D eigenvalue weighted by Gasteiger charge is 2.25. The van der Waals surface area contributed by atoms with Crippen LogP contribution in [0, 0.1) is 13.8 Å². The number of hydrogen-bond acceptors (Lipinski definition) is 4. The summed E-state index contributed by atoms with van der Waals surface area (Å²) in [5.41, 5.74) is 4.57. The molecule has 4 rings (SSSR count). The minimum Gasteiger partial charge on any atom is -0.352 e. The first-order chi connectivity index (χ1) is 15.0. The van der Waals surface area contributed by atoms with Crippen LogP contribution in [-0.4, -0.2) is 44.2 Å². The maximum Gasteiger partial charge on any atom is 0.322 e. The lowest BCUT2D eigenvalue weighted by Crippen LogP contribution is -2.43. The SMILES string of the molecule is Cc1cc(C)n(-c2ccc(NC(=O)N(Cc3cccnc3)C[C@@H]3CCC(=O)N3)cc2)n1.